The topological polar surface area (TPSA) is 116 Å². The van der Waals surface area contributed by atoms with Gasteiger partial charge in [0.1, 0.15) is 30.5 Å². The molecule has 16 heavy (non-hydrogen) atoms. The van der Waals surface area contributed by atoms with Crippen molar-refractivity contribution in [2.24, 2.45) is 0 Å². The Morgan fingerprint density at radius 1 is 1.19 bits per heavy atom. The summed E-state index contributed by atoms with van der Waals surface area (Å²) in [6.45, 7) is 2.64. The first-order chi connectivity index (χ1) is 7.34. The van der Waals surface area contributed by atoms with Gasteiger partial charge in [-0.05, 0) is 6.92 Å². The van der Waals surface area contributed by atoms with Crippen molar-refractivity contribution in [2.75, 3.05) is 0 Å². The summed E-state index contributed by atoms with van der Waals surface area (Å²) in [7, 11) is 0. The van der Waals surface area contributed by atoms with Crippen molar-refractivity contribution in [2.45, 2.75) is 50.7 Å². The molecule has 0 aliphatic carbocycles. The standard InChI is InChI=1S/C9H16O7/c1-3(15-4(2)10)8-6(12)5(11)7(13)9(14)16-8/h3,5-9,11-14H,1-2H3/t3-,5?,6?,7?,8?,9?/m0/s1. The number of rotatable bonds is 2. The molecule has 0 aromatic carbocycles. The van der Waals surface area contributed by atoms with Gasteiger partial charge in [0, 0.05) is 6.92 Å². The quantitative estimate of drug-likeness (QED) is 0.400. The molecule has 1 heterocycles. The van der Waals surface area contributed by atoms with Gasteiger partial charge in [0.05, 0.1) is 0 Å². The van der Waals surface area contributed by atoms with Gasteiger partial charge < -0.3 is 29.9 Å². The fourth-order valence-electron chi connectivity index (χ4n) is 1.60. The third-order valence-electron chi connectivity index (χ3n) is 2.44. The molecule has 0 aromatic heterocycles. The maximum atomic E-state index is 10.7. The number of carbonyl (C=O) groups excluding carboxylic acids is 1. The van der Waals surface area contributed by atoms with E-state index in [1.165, 1.54) is 13.8 Å². The van der Waals surface area contributed by atoms with Crippen molar-refractivity contribution >= 4 is 5.97 Å². The smallest absolute Gasteiger partial charge is 0.302 e. The molecule has 4 N–H and O–H groups in total. The summed E-state index contributed by atoms with van der Waals surface area (Å²) in [5.41, 5.74) is 0. The highest BCUT2D eigenvalue weighted by Crippen LogP contribution is 2.23. The zero-order valence-electron chi connectivity index (χ0n) is 8.98. The Morgan fingerprint density at radius 3 is 2.25 bits per heavy atom. The first-order valence-corrected chi connectivity index (χ1v) is 4.89. The van der Waals surface area contributed by atoms with Gasteiger partial charge in [-0.3, -0.25) is 4.79 Å². The lowest BCUT2D eigenvalue weighted by atomic mass is 9.96. The molecule has 94 valence electrons. The predicted molar refractivity (Wildman–Crippen MR) is 50.1 cm³/mol. The van der Waals surface area contributed by atoms with Crippen LogP contribution < -0.4 is 0 Å². The van der Waals surface area contributed by atoms with E-state index < -0.39 is 42.8 Å². The molecule has 0 bridgehead atoms. The molecule has 0 radical (unpaired) electrons. The SMILES string of the molecule is CC(=O)O[C@@H](C)C1OC(O)C(O)C(O)C1O. The molecular weight excluding hydrogens is 220 g/mol. The summed E-state index contributed by atoms with van der Waals surface area (Å²) in [5.74, 6) is -0.571. The van der Waals surface area contributed by atoms with Crippen molar-refractivity contribution in [1.29, 1.82) is 0 Å². The number of aliphatic hydroxyl groups is 4. The van der Waals surface area contributed by atoms with Gasteiger partial charge in [-0.15, -0.1) is 0 Å². The van der Waals surface area contributed by atoms with E-state index in [-0.39, 0.29) is 0 Å². The lowest BCUT2D eigenvalue weighted by molar-refractivity contribution is -0.296. The Kier molecular flexibility index (Phi) is 4.22. The Hall–Kier alpha value is -0.730. The van der Waals surface area contributed by atoms with Gasteiger partial charge in [-0.25, -0.2) is 0 Å². The molecule has 1 rings (SSSR count). The molecule has 1 fully saturated rings. The molecule has 6 atom stereocenters. The second kappa shape index (κ2) is 5.07. The van der Waals surface area contributed by atoms with Gasteiger partial charge in [0.15, 0.2) is 6.29 Å². The van der Waals surface area contributed by atoms with Crippen LogP contribution in [0.15, 0.2) is 0 Å². The minimum absolute atomic E-state index is 0.571. The van der Waals surface area contributed by atoms with Gasteiger partial charge >= 0.3 is 5.97 Å². The maximum Gasteiger partial charge on any atom is 0.302 e. The van der Waals surface area contributed by atoms with E-state index in [9.17, 15) is 25.2 Å². The highest BCUT2D eigenvalue weighted by atomic mass is 16.7. The molecule has 0 spiro atoms. The van der Waals surface area contributed by atoms with E-state index in [1.54, 1.807) is 0 Å². The van der Waals surface area contributed by atoms with Crippen molar-refractivity contribution < 1.29 is 34.7 Å². The maximum absolute atomic E-state index is 10.7. The van der Waals surface area contributed by atoms with E-state index in [4.69, 9.17) is 9.47 Å². The minimum atomic E-state index is -1.62. The van der Waals surface area contributed by atoms with Crippen molar-refractivity contribution in [3.05, 3.63) is 0 Å². The average molecular weight is 236 g/mol. The molecule has 0 aromatic rings. The number of hydrogen-bond donors (Lipinski definition) is 4. The fourth-order valence-corrected chi connectivity index (χ4v) is 1.60. The van der Waals surface area contributed by atoms with Gasteiger partial charge in [0.25, 0.3) is 0 Å². The van der Waals surface area contributed by atoms with Crippen LogP contribution in [0, 0.1) is 0 Å². The van der Waals surface area contributed by atoms with E-state index in [0.717, 1.165) is 0 Å². The van der Waals surface area contributed by atoms with Gasteiger partial charge in [-0.1, -0.05) is 0 Å². The molecule has 1 aliphatic rings. The Morgan fingerprint density at radius 2 is 1.75 bits per heavy atom. The fraction of sp³-hybridized carbons (Fsp3) is 0.889. The molecule has 0 saturated carbocycles. The normalized spacial score (nSPS) is 41.5. The van der Waals surface area contributed by atoms with Crippen LogP contribution in [0.25, 0.3) is 0 Å². The number of hydrogen-bond acceptors (Lipinski definition) is 7. The number of ether oxygens (including phenoxy) is 2. The second-order valence-corrected chi connectivity index (χ2v) is 3.78. The second-order valence-electron chi connectivity index (χ2n) is 3.78. The van der Waals surface area contributed by atoms with Crippen LogP contribution in [0.2, 0.25) is 0 Å². The van der Waals surface area contributed by atoms with Crippen molar-refractivity contribution in [3.8, 4) is 0 Å². The zero-order chi connectivity index (χ0) is 12.5. The first-order valence-electron chi connectivity index (χ1n) is 4.89. The van der Waals surface area contributed by atoms with Crippen LogP contribution in [0.3, 0.4) is 0 Å². The van der Waals surface area contributed by atoms with Crippen LogP contribution in [-0.4, -0.2) is 63.2 Å². The number of aliphatic hydroxyl groups excluding tert-OH is 4. The Balaban J connectivity index is 2.69. The van der Waals surface area contributed by atoms with Crippen LogP contribution in [0.1, 0.15) is 13.8 Å². The van der Waals surface area contributed by atoms with Gasteiger partial charge in [-0.2, -0.15) is 0 Å². The van der Waals surface area contributed by atoms with E-state index in [1.807, 2.05) is 0 Å². The molecule has 5 unspecified atom stereocenters. The third kappa shape index (κ3) is 2.69. The molecular formula is C9H16O7. The Labute approximate surface area is 92.2 Å². The molecule has 1 saturated heterocycles. The summed E-state index contributed by atoms with van der Waals surface area (Å²) in [5, 5.41) is 37.4. The third-order valence-corrected chi connectivity index (χ3v) is 2.44. The molecule has 0 amide bonds. The summed E-state index contributed by atoms with van der Waals surface area (Å²) in [6, 6.07) is 0. The van der Waals surface area contributed by atoms with Crippen LogP contribution in [0.4, 0.5) is 0 Å². The average Bonchev–Trinajstić information content (AvgIpc) is 2.19. The van der Waals surface area contributed by atoms with E-state index in [2.05, 4.69) is 0 Å². The molecule has 7 nitrogen and oxygen atoms in total. The van der Waals surface area contributed by atoms with Gasteiger partial charge in [0.2, 0.25) is 0 Å². The Bertz CT molecular complexity index is 256. The van der Waals surface area contributed by atoms with Crippen LogP contribution in [-0.2, 0) is 14.3 Å². The van der Waals surface area contributed by atoms with Crippen molar-refractivity contribution in [3.63, 3.8) is 0 Å². The highest BCUT2D eigenvalue weighted by molar-refractivity contribution is 5.66. The highest BCUT2D eigenvalue weighted by Gasteiger charge is 2.45. The largest absolute Gasteiger partial charge is 0.460 e. The minimum Gasteiger partial charge on any atom is -0.460 e. The summed E-state index contributed by atoms with van der Waals surface area (Å²) in [6.07, 6.45) is -8.13. The predicted octanol–water partition coefficient (Wildman–Crippen LogP) is -2.26. The molecule has 1 aliphatic heterocycles. The lowest BCUT2D eigenvalue weighted by Gasteiger charge is -2.40. The summed E-state index contributed by atoms with van der Waals surface area (Å²) < 4.78 is 9.63. The molecule has 7 heteroatoms. The first kappa shape index (κ1) is 13.3. The van der Waals surface area contributed by atoms with Crippen molar-refractivity contribution in [1.82, 2.24) is 0 Å². The van der Waals surface area contributed by atoms with Crippen LogP contribution in [0.5, 0.6) is 0 Å². The lowest BCUT2D eigenvalue weighted by Crippen LogP contribution is -2.60. The van der Waals surface area contributed by atoms with E-state index >= 15 is 0 Å². The number of carbonyl (C=O) groups is 1. The zero-order valence-corrected chi connectivity index (χ0v) is 8.98. The summed E-state index contributed by atoms with van der Waals surface area (Å²) >= 11 is 0. The number of esters is 1. The summed E-state index contributed by atoms with van der Waals surface area (Å²) in [4.78, 5) is 10.7. The monoisotopic (exact) mass is 236 g/mol. The van der Waals surface area contributed by atoms with E-state index in [0.29, 0.717) is 0 Å². The van der Waals surface area contributed by atoms with Crippen LogP contribution >= 0.6 is 0 Å².